The number of hydrogen-bond donors (Lipinski definition) is 3. The number of rotatable bonds is 7. The van der Waals surface area contributed by atoms with Crippen molar-refractivity contribution in [1.29, 1.82) is 0 Å². The normalized spacial score (nSPS) is 27.3. The number of thiocarbonyl (C=S) groups is 1. The van der Waals surface area contributed by atoms with Gasteiger partial charge in [-0.25, -0.2) is 13.1 Å². The van der Waals surface area contributed by atoms with Crippen LogP contribution in [-0.4, -0.2) is 33.3 Å². The molecule has 7 nitrogen and oxygen atoms in total. The Labute approximate surface area is 206 Å². The van der Waals surface area contributed by atoms with Crippen LogP contribution in [0.25, 0.3) is 0 Å². The Hall–Kier alpha value is -2.36. The largest absolute Gasteiger partial charge is 0.493 e. The Balaban J connectivity index is 1.22. The maximum atomic E-state index is 13.2. The fourth-order valence-electron chi connectivity index (χ4n) is 6.50. The highest BCUT2D eigenvalue weighted by Gasteiger charge is 2.52. The molecule has 182 valence electrons. The van der Waals surface area contributed by atoms with Gasteiger partial charge in [0.15, 0.2) is 16.6 Å². The van der Waals surface area contributed by atoms with E-state index in [0.717, 1.165) is 24.9 Å². The van der Waals surface area contributed by atoms with Crippen molar-refractivity contribution in [3.8, 4) is 11.5 Å². The Morgan fingerprint density at radius 3 is 1.94 bits per heavy atom. The zero-order chi connectivity index (χ0) is 23.9. The van der Waals surface area contributed by atoms with E-state index in [1.54, 1.807) is 50.6 Å². The molecule has 0 amide bonds. The first-order chi connectivity index (χ1) is 16.3. The zero-order valence-electron chi connectivity index (χ0n) is 19.5. The molecule has 34 heavy (non-hydrogen) atoms. The Morgan fingerprint density at radius 2 is 1.38 bits per heavy atom. The van der Waals surface area contributed by atoms with E-state index in [2.05, 4.69) is 15.4 Å². The highest BCUT2D eigenvalue weighted by molar-refractivity contribution is 7.89. The summed E-state index contributed by atoms with van der Waals surface area (Å²) in [5.41, 5.74) is 1.19. The van der Waals surface area contributed by atoms with Gasteiger partial charge in [-0.2, -0.15) is 0 Å². The van der Waals surface area contributed by atoms with Crippen molar-refractivity contribution in [3.05, 3.63) is 42.5 Å². The summed E-state index contributed by atoms with van der Waals surface area (Å²) in [5.74, 6) is 3.27. The summed E-state index contributed by atoms with van der Waals surface area (Å²) in [6, 6.07) is 12.1. The molecule has 2 aromatic rings. The molecule has 2 aromatic carbocycles. The van der Waals surface area contributed by atoms with E-state index in [-0.39, 0.29) is 10.4 Å². The van der Waals surface area contributed by atoms with E-state index in [4.69, 9.17) is 21.7 Å². The van der Waals surface area contributed by atoms with Crippen LogP contribution in [0.4, 0.5) is 11.4 Å². The summed E-state index contributed by atoms with van der Waals surface area (Å²) in [5, 5.41) is 6.58. The van der Waals surface area contributed by atoms with E-state index in [1.165, 1.54) is 19.3 Å². The van der Waals surface area contributed by atoms with Crippen molar-refractivity contribution in [1.82, 2.24) is 4.72 Å². The molecule has 3 N–H and O–H groups in total. The number of methoxy groups -OCH3 is 2. The van der Waals surface area contributed by atoms with Crippen molar-refractivity contribution >= 4 is 38.7 Å². The molecule has 0 heterocycles. The quantitative estimate of drug-likeness (QED) is 0.472. The van der Waals surface area contributed by atoms with Gasteiger partial charge in [-0.1, -0.05) is 0 Å². The summed E-state index contributed by atoms with van der Waals surface area (Å²) in [4.78, 5) is 0.285. The minimum atomic E-state index is -3.58. The van der Waals surface area contributed by atoms with E-state index >= 15 is 0 Å². The van der Waals surface area contributed by atoms with Crippen LogP contribution in [0.2, 0.25) is 0 Å². The van der Waals surface area contributed by atoms with Crippen molar-refractivity contribution in [2.75, 3.05) is 24.9 Å². The third-order valence-electron chi connectivity index (χ3n) is 7.45. The second kappa shape index (κ2) is 9.02. The predicted molar refractivity (Wildman–Crippen MR) is 137 cm³/mol. The van der Waals surface area contributed by atoms with Crippen LogP contribution in [0.3, 0.4) is 0 Å². The summed E-state index contributed by atoms with van der Waals surface area (Å²) in [7, 11) is -0.425. The number of ether oxygens (including phenoxy) is 2. The smallest absolute Gasteiger partial charge is 0.241 e. The minimum absolute atomic E-state index is 0.255. The second-order valence-corrected chi connectivity index (χ2v) is 12.1. The highest BCUT2D eigenvalue weighted by atomic mass is 32.2. The predicted octanol–water partition coefficient (Wildman–Crippen LogP) is 4.76. The monoisotopic (exact) mass is 501 g/mol. The molecule has 0 radical (unpaired) electrons. The molecular weight excluding hydrogens is 470 g/mol. The van der Waals surface area contributed by atoms with Crippen LogP contribution in [0, 0.1) is 17.8 Å². The molecule has 4 fully saturated rings. The number of nitrogens with one attached hydrogen (secondary N) is 3. The summed E-state index contributed by atoms with van der Waals surface area (Å²) in [6.45, 7) is 0. The summed E-state index contributed by atoms with van der Waals surface area (Å²) >= 11 is 5.41. The lowest BCUT2D eigenvalue weighted by molar-refractivity contribution is -0.00810. The highest BCUT2D eigenvalue weighted by Crippen LogP contribution is 2.56. The Morgan fingerprint density at radius 1 is 0.853 bits per heavy atom. The van der Waals surface area contributed by atoms with Crippen molar-refractivity contribution in [3.63, 3.8) is 0 Å². The first kappa shape index (κ1) is 23.4. The van der Waals surface area contributed by atoms with Gasteiger partial charge in [-0.15, -0.1) is 0 Å². The first-order valence-electron chi connectivity index (χ1n) is 11.7. The lowest BCUT2D eigenvalue weighted by Crippen LogP contribution is -2.59. The molecule has 0 aromatic heterocycles. The topological polar surface area (TPSA) is 88.7 Å². The Bertz CT molecular complexity index is 1150. The standard InChI is InChI=1S/C25H31N3O4S2/c1-31-22-8-5-20(12-23(22)32-2)27-24(33)26-19-3-6-21(7-4-19)34(29,30)28-25-13-16-9-17(14-25)11-18(10-16)15-25/h3-8,12,16-18,28H,9-11,13-15H2,1-2H3,(H2,26,27,33). The molecule has 4 aliphatic carbocycles. The van der Waals surface area contributed by atoms with E-state index in [1.807, 2.05) is 6.07 Å². The third kappa shape index (κ3) is 4.74. The molecule has 0 unspecified atom stereocenters. The van der Waals surface area contributed by atoms with Crippen molar-refractivity contribution in [2.24, 2.45) is 17.8 Å². The number of hydrogen-bond acceptors (Lipinski definition) is 5. The molecule has 0 atom stereocenters. The van der Waals surface area contributed by atoms with Gasteiger partial charge in [0.1, 0.15) is 0 Å². The van der Waals surface area contributed by atoms with Gasteiger partial charge in [-0.3, -0.25) is 0 Å². The molecular formula is C25H31N3O4S2. The number of anilines is 2. The van der Waals surface area contributed by atoms with Crippen LogP contribution < -0.4 is 24.8 Å². The van der Waals surface area contributed by atoms with Crippen LogP contribution in [-0.2, 0) is 10.0 Å². The van der Waals surface area contributed by atoms with Gasteiger partial charge in [0.05, 0.1) is 19.1 Å². The third-order valence-corrected chi connectivity index (χ3v) is 9.25. The molecule has 0 aliphatic heterocycles. The molecule has 4 bridgehead atoms. The SMILES string of the molecule is COc1ccc(NC(=S)Nc2ccc(S(=O)(=O)NC34CC5CC(CC(C5)C3)C4)cc2)cc1OC. The van der Waals surface area contributed by atoms with E-state index < -0.39 is 10.0 Å². The van der Waals surface area contributed by atoms with Crippen LogP contribution >= 0.6 is 12.2 Å². The van der Waals surface area contributed by atoms with Crippen LogP contribution in [0.5, 0.6) is 11.5 Å². The molecule has 6 rings (SSSR count). The fraction of sp³-hybridized carbons (Fsp3) is 0.480. The Kier molecular flexibility index (Phi) is 6.20. The van der Waals surface area contributed by atoms with Crippen LogP contribution in [0.15, 0.2) is 47.4 Å². The van der Waals surface area contributed by atoms with Gasteiger partial charge >= 0.3 is 0 Å². The van der Waals surface area contributed by atoms with E-state index in [0.29, 0.717) is 40.1 Å². The van der Waals surface area contributed by atoms with E-state index in [9.17, 15) is 8.42 Å². The summed E-state index contributed by atoms with van der Waals surface area (Å²) in [6.07, 6.45) is 6.77. The maximum Gasteiger partial charge on any atom is 0.241 e. The van der Waals surface area contributed by atoms with Crippen molar-refractivity contribution < 1.29 is 17.9 Å². The molecule has 0 saturated heterocycles. The number of benzene rings is 2. The lowest BCUT2D eigenvalue weighted by Gasteiger charge is -2.56. The minimum Gasteiger partial charge on any atom is -0.493 e. The average molecular weight is 502 g/mol. The van der Waals surface area contributed by atoms with Gasteiger partial charge in [-0.05, 0) is 105 Å². The fourth-order valence-corrected chi connectivity index (χ4v) is 8.17. The second-order valence-electron chi connectivity index (χ2n) is 9.98. The van der Waals surface area contributed by atoms with Gasteiger partial charge in [0.2, 0.25) is 10.0 Å². The van der Waals surface area contributed by atoms with Crippen LogP contribution in [0.1, 0.15) is 38.5 Å². The molecule has 9 heteroatoms. The summed E-state index contributed by atoms with van der Waals surface area (Å²) < 4.78 is 40.1. The number of sulfonamides is 1. The molecule has 4 saturated carbocycles. The molecule has 0 spiro atoms. The molecule has 4 aliphatic rings. The van der Waals surface area contributed by atoms with Crippen molar-refractivity contribution in [2.45, 2.75) is 49.0 Å². The van der Waals surface area contributed by atoms with Gasteiger partial charge < -0.3 is 20.1 Å². The lowest BCUT2D eigenvalue weighted by atomic mass is 9.53. The van der Waals surface area contributed by atoms with Gasteiger partial charge in [0, 0.05) is 23.0 Å². The maximum absolute atomic E-state index is 13.2. The zero-order valence-corrected chi connectivity index (χ0v) is 21.1. The van der Waals surface area contributed by atoms with Gasteiger partial charge in [0.25, 0.3) is 0 Å². The first-order valence-corrected chi connectivity index (χ1v) is 13.6. The average Bonchev–Trinajstić information content (AvgIpc) is 2.77.